The van der Waals surface area contributed by atoms with Crippen LogP contribution in [-0.4, -0.2) is 25.3 Å². The van der Waals surface area contributed by atoms with E-state index in [-0.39, 0.29) is 11.7 Å². The smallest absolute Gasteiger partial charge is 0.251 e. The first-order chi connectivity index (χ1) is 11.1. The molecule has 2 aromatic carbocycles. The zero-order valence-corrected chi connectivity index (χ0v) is 14.1. The molecule has 0 spiro atoms. The van der Waals surface area contributed by atoms with Crippen molar-refractivity contribution < 1.29 is 13.9 Å². The molecule has 0 aliphatic heterocycles. The molecule has 5 heteroatoms. The summed E-state index contributed by atoms with van der Waals surface area (Å²) < 4.78 is 18.7. The summed E-state index contributed by atoms with van der Waals surface area (Å²) in [6.45, 7) is 2.47. The highest BCUT2D eigenvalue weighted by Crippen LogP contribution is 2.19. The highest BCUT2D eigenvalue weighted by atomic mass is 32.2. The fraction of sp³-hybridized carbons (Fsp3) is 0.278. The van der Waals surface area contributed by atoms with E-state index in [1.807, 2.05) is 19.1 Å². The molecule has 0 aliphatic carbocycles. The van der Waals surface area contributed by atoms with Gasteiger partial charge in [0.25, 0.3) is 5.91 Å². The third-order valence-corrected chi connectivity index (χ3v) is 4.43. The van der Waals surface area contributed by atoms with Crippen LogP contribution in [0.4, 0.5) is 4.39 Å². The normalized spacial score (nSPS) is 10.4. The summed E-state index contributed by atoms with van der Waals surface area (Å²) in [7, 11) is 1.59. The van der Waals surface area contributed by atoms with E-state index < -0.39 is 0 Å². The van der Waals surface area contributed by atoms with Crippen LogP contribution in [0.1, 0.15) is 21.5 Å². The van der Waals surface area contributed by atoms with Crippen LogP contribution in [0, 0.1) is 12.7 Å². The van der Waals surface area contributed by atoms with E-state index in [2.05, 4.69) is 5.32 Å². The van der Waals surface area contributed by atoms with Crippen LogP contribution >= 0.6 is 11.8 Å². The largest absolute Gasteiger partial charge is 0.496 e. The maximum Gasteiger partial charge on any atom is 0.251 e. The van der Waals surface area contributed by atoms with Gasteiger partial charge in [-0.05, 0) is 36.2 Å². The number of benzene rings is 2. The van der Waals surface area contributed by atoms with E-state index in [1.54, 1.807) is 43.1 Å². The van der Waals surface area contributed by atoms with Crippen molar-refractivity contribution in [2.45, 2.75) is 12.7 Å². The molecule has 1 N–H and O–H groups in total. The lowest BCUT2D eigenvalue weighted by atomic mass is 10.1. The quantitative estimate of drug-likeness (QED) is 0.783. The van der Waals surface area contributed by atoms with Gasteiger partial charge in [0.05, 0.1) is 7.11 Å². The van der Waals surface area contributed by atoms with Gasteiger partial charge in [0.2, 0.25) is 0 Å². The van der Waals surface area contributed by atoms with Gasteiger partial charge in [-0.2, -0.15) is 11.8 Å². The Kier molecular flexibility index (Phi) is 6.47. The van der Waals surface area contributed by atoms with E-state index in [4.69, 9.17) is 4.74 Å². The topological polar surface area (TPSA) is 38.3 Å². The number of thioether (sulfide) groups is 1. The molecule has 0 heterocycles. The second-order valence-corrected chi connectivity index (χ2v) is 6.19. The van der Waals surface area contributed by atoms with E-state index >= 15 is 0 Å². The molecule has 122 valence electrons. The van der Waals surface area contributed by atoms with Crippen LogP contribution in [0.3, 0.4) is 0 Å². The van der Waals surface area contributed by atoms with Gasteiger partial charge in [-0.15, -0.1) is 0 Å². The minimum atomic E-state index is -0.184. The predicted octanol–water partition coefficient (Wildman–Crippen LogP) is 3.81. The number of aryl methyl sites for hydroxylation is 1. The number of carbonyl (C=O) groups is 1. The molecule has 2 aromatic rings. The van der Waals surface area contributed by atoms with Crippen LogP contribution in [0.15, 0.2) is 42.5 Å². The van der Waals surface area contributed by atoms with Crippen molar-refractivity contribution in [3.63, 3.8) is 0 Å². The predicted molar refractivity (Wildman–Crippen MR) is 92.6 cm³/mol. The number of carbonyl (C=O) groups excluding carboxylic acids is 1. The summed E-state index contributed by atoms with van der Waals surface area (Å²) in [6, 6.07) is 12.1. The van der Waals surface area contributed by atoms with E-state index in [0.717, 1.165) is 11.3 Å². The van der Waals surface area contributed by atoms with E-state index in [0.29, 0.717) is 29.2 Å². The fourth-order valence-corrected chi connectivity index (χ4v) is 2.94. The number of hydrogen-bond donors (Lipinski definition) is 1. The molecular formula is C18H20FNO2S. The van der Waals surface area contributed by atoms with Crippen molar-refractivity contribution >= 4 is 17.7 Å². The van der Waals surface area contributed by atoms with Gasteiger partial charge in [0, 0.05) is 23.6 Å². The first-order valence-corrected chi connectivity index (χ1v) is 8.51. The Bertz CT molecular complexity index is 676. The Labute approximate surface area is 140 Å². The maximum absolute atomic E-state index is 13.5. The average molecular weight is 333 g/mol. The highest BCUT2D eigenvalue weighted by Gasteiger charge is 2.08. The molecule has 0 unspecified atom stereocenters. The molecule has 0 fully saturated rings. The molecule has 0 bridgehead atoms. The number of ether oxygens (including phenoxy) is 1. The third-order valence-electron chi connectivity index (χ3n) is 3.42. The number of hydrogen-bond acceptors (Lipinski definition) is 3. The summed E-state index contributed by atoms with van der Waals surface area (Å²) in [5, 5.41) is 2.86. The first kappa shape index (κ1) is 17.3. The van der Waals surface area contributed by atoms with Crippen LogP contribution in [-0.2, 0) is 5.75 Å². The fourth-order valence-electron chi connectivity index (χ4n) is 2.10. The molecule has 23 heavy (non-hydrogen) atoms. The first-order valence-electron chi connectivity index (χ1n) is 7.36. The SMILES string of the molecule is COc1cc(C(=O)NCCSCc2ccccc2F)ccc1C. The lowest BCUT2D eigenvalue weighted by Crippen LogP contribution is -2.25. The molecule has 1 amide bonds. The van der Waals surface area contributed by atoms with E-state index in [9.17, 15) is 9.18 Å². The molecule has 3 nitrogen and oxygen atoms in total. The summed E-state index contributed by atoms with van der Waals surface area (Å²) in [4.78, 5) is 12.1. The number of amides is 1. The molecule has 0 radical (unpaired) electrons. The summed E-state index contributed by atoms with van der Waals surface area (Å²) >= 11 is 1.59. The Morgan fingerprint density at radius 1 is 1.26 bits per heavy atom. The zero-order chi connectivity index (χ0) is 16.7. The molecule has 0 aromatic heterocycles. The second kappa shape index (κ2) is 8.58. The van der Waals surface area contributed by atoms with Gasteiger partial charge in [-0.3, -0.25) is 4.79 Å². The Hall–Kier alpha value is -2.01. The Balaban J connectivity index is 1.76. The van der Waals surface area contributed by atoms with Crippen molar-refractivity contribution in [3.8, 4) is 5.75 Å². The summed E-state index contributed by atoms with van der Waals surface area (Å²) in [6.07, 6.45) is 0. The number of nitrogens with one attached hydrogen (secondary N) is 1. The van der Waals surface area contributed by atoms with Crippen LogP contribution < -0.4 is 10.1 Å². The Morgan fingerprint density at radius 2 is 2.04 bits per heavy atom. The van der Waals surface area contributed by atoms with Gasteiger partial charge >= 0.3 is 0 Å². The number of halogens is 1. The van der Waals surface area contributed by atoms with Crippen LogP contribution in [0.2, 0.25) is 0 Å². The highest BCUT2D eigenvalue weighted by molar-refractivity contribution is 7.98. The average Bonchev–Trinajstić information content (AvgIpc) is 2.56. The standard InChI is InChI=1S/C18H20FNO2S/c1-13-7-8-14(11-17(13)22-2)18(21)20-9-10-23-12-15-5-3-4-6-16(15)19/h3-8,11H,9-10,12H2,1-2H3,(H,20,21). The zero-order valence-electron chi connectivity index (χ0n) is 13.3. The van der Waals surface area contributed by atoms with E-state index in [1.165, 1.54) is 6.07 Å². The maximum atomic E-state index is 13.5. The van der Waals surface area contributed by atoms with Crippen molar-refractivity contribution in [2.75, 3.05) is 19.4 Å². The third kappa shape index (κ3) is 4.99. The van der Waals surface area contributed by atoms with Gasteiger partial charge in [-0.1, -0.05) is 24.3 Å². The molecule has 2 rings (SSSR count). The number of methoxy groups -OCH3 is 1. The number of rotatable bonds is 7. The van der Waals surface area contributed by atoms with Gasteiger partial charge in [-0.25, -0.2) is 4.39 Å². The molecule has 0 atom stereocenters. The van der Waals surface area contributed by atoms with Crippen molar-refractivity contribution in [2.24, 2.45) is 0 Å². The van der Waals surface area contributed by atoms with Gasteiger partial charge in [0.15, 0.2) is 0 Å². The molecule has 0 saturated carbocycles. The lowest BCUT2D eigenvalue weighted by molar-refractivity contribution is 0.0956. The minimum absolute atomic E-state index is 0.130. The van der Waals surface area contributed by atoms with Crippen LogP contribution in [0.5, 0.6) is 5.75 Å². The van der Waals surface area contributed by atoms with Gasteiger partial charge < -0.3 is 10.1 Å². The second-order valence-electron chi connectivity index (χ2n) is 5.08. The van der Waals surface area contributed by atoms with Crippen molar-refractivity contribution in [1.29, 1.82) is 0 Å². The van der Waals surface area contributed by atoms with Crippen molar-refractivity contribution in [1.82, 2.24) is 5.32 Å². The minimum Gasteiger partial charge on any atom is -0.496 e. The summed E-state index contributed by atoms with van der Waals surface area (Å²) in [5.41, 5.74) is 2.25. The molecule has 0 aliphatic rings. The van der Waals surface area contributed by atoms with Gasteiger partial charge in [0.1, 0.15) is 11.6 Å². The Morgan fingerprint density at radius 3 is 2.78 bits per heavy atom. The van der Waals surface area contributed by atoms with Crippen molar-refractivity contribution in [3.05, 3.63) is 65.0 Å². The van der Waals surface area contributed by atoms with Crippen LogP contribution in [0.25, 0.3) is 0 Å². The molecule has 0 saturated heterocycles. The molecular weight excluding hydrogens is 313 g/mol. The monoisotopic (exact) mass is 333 g/mol. The summed E-state index contributed by atoms with van der Waals surface area (Å²) in [5.74, 6) is 1.71. The lowest BCUT2D eigenvalue weighted by Gasteiger charge is -2.09.